The molecule has 11 nitrogen and oxygen atoms in total. The first-order valence-electron chi connectivity index (χ1n) is 12.7. The normalized spacial score (nSPS) is 19.6. The Morgan fingerprint density at radius 2 is 1.89 bits per heavy atom. The van der Waals surface area contributed by atoms with E-state index in [4.69, 9.17) is 5.73 Å². The van der Waals surface area contributed by atoms with Crippen molar-refractivity contribution in [3.63, 3.8) is 0 Å². The van der Waals surface area contributed by atoms with Crippen LogP contribution in [-0.2, 0) is 25.6 Å². The van der Waals surface area contributed by atoms with Crippen molar-refractivity contribution in [1.82, 2.24) is 20.5 Å². The van der Waals surface area contributed by atoms with Crippen LogP contribution in [0.2, 0.25) is 0 Å². The lowest BCUT2D eigenvalue weighted by molar-refractivity contribution is -0.146. The van der Waals surface area contributed by atoms with Crippen LogP contribution in [0.25, 0.3) is 10.9 Å². The van der Waals surface area contributed by atoms with Crippen LogP contribution in [0, 0.1) is 5.92 Å². The van der Waals surface area contributed by atoms with Gasteiger partial charge in [0.15, 0.2) is 0 Å². The maximum absolute atomic E-state index is 13.3. The average Bonchev–Trinajstić information content (AvgIpc) is 3.52. The number of rotatable bonds is 11. The number of H-pyrrole nitrogens is 1. The molecule has 0 saturated carbocycles. The fraction of sp³-hybridized carbons (Fsp3) is 0.538. The zero-order chi connectivity index (χ0) is 27.3. The Bertz CT molecular complexity index is 1130. The largest absolute Gasteiger partial charge is 0.480 e. The highest BCUT2D eigenvalue weighted by molar-refractivity contribution is 5.95. The highest BCUT2D eigenvalue weighted by Crippen LogP contribution is 2.22. The number of nitrogens with two attached hydrogens (primary N) is 1. The summed E-state index contributed by atoms with van der Waals surface area (Å²) in [6.07, 6.45) is 2.09. The molecule has 0 radical (unpaired) electrons. The molecule has 202 valence electrons. The van der Waals surface area contributed by atoms with Gasteiger partial charge in [0.1, 0.15) is 18.1 Å². The number of para-hydroxylation sites is 1. The quantitative estimate of drug-likeness (QED) is 0.252. The van der Waals surface area contributed by atoms with Gasteiger partial charge in [0.25, 0.3) is 0 Å². The summed E-state index contributed by atoms with van der Waals surface area (Å²) in [5.74, 6) is -3.08. The predicted molar refractivity (Wildman–Crippen MR) is 137 cm³/mol. The molecule has 1 saturated heterocycles. The molecule has 2 heterocycles. The van der Waals surface area contributed by atoms with Gasteiger partial charge in [-0.3, -0.25) is 14.4 Å². The molecule has 6 atom stereocenters. The average molecular weight is 516 g/mol. The number of nitrogens with zero attached hydrogens (tertiary/aromatic N) is 1. The number of amides is 3. The van der Waals surface area contributed by atoms with E-state index in [0.29, 0.717) is 19.3 Å². The van der Waals surface area contributed by atoms with Crippen LogP contribution in [0.15, 0.2) is 30.5 Å². The van der Waals surface area contributed by atoms with Gasteiger partial charge in [-0.1, -0.05) is 38.5 Å². The Morgan fingerprint density at radius 1 is 1.19 bits per heavy atom. The zero-order valence-corrected chi connectivity index (χ0v) is 21.4. The maximum atomic E-state index is 13.3. The summed E-state index contributed by atoms with van der Waals surface area (Å²) in [7, 11) is 0. The number of benzene rings is 1. The highest BCUT2D eigenvalue weighted by atomic mass is 16.4. The van der Waals surface area contributed by atoms with Crippen LogP contribution in [0.3, 0.4) is 0 Å². The van der Waals surface area contributed by atoms with Crippen molar-refractivity contribution >= 4 is 34.6 Å². The number of aromatic nitrogens is 1. The van der Waals surface area contributed by atoms with Gasteiger partial charge in [0.05, 0.1) is 12.1 Å². The Morgan fingerprint density at radius 3 is 2.54 bits per heavy atom. The van der Waals surface area contributed by atoms with Crippen LogP contribution in [0.1, 0.15) is 45.6 Å². The summed E-state index contributed by atoms with van der Waals surface area (Å²) in [6.45, 7) is 5.34. The summed E-state index contributed by atoms with van der Waals surface area (Å²) in [6, 6.07) is 3.22. The third-order valence-electron chi connectivity index (χ3n) is 7.16. The zero-order valence-electron chi connectivity index (χ0n) is 21.4. The molecule has 3 rings (SSSR count). The number of carbonyl (C=O) groups excluding carboxylic acids is 3. The minimum atomic E-state index is -1.28. The topological polar surface area (TPSA) is 178 Å². The molecule has 1 aliphatic rings. The third kappa shape index (κ3) is 6.47. The number of aliphatic hydroxyl groups excluding tert-OH is 1. The summed E-state index contributed by atoms with van der Waals surface area (Å²) in [5.41, 5.74) is 7.59. The Balaban J connectivity index is 1.71. The number of carboxylic acid groups (broad SMARTS) is 1. The number of aromatic amines is 1. The van der Waals surface area contributed by atoms with Gasteiger partial charge in [0.2, 0.25) is 17.7 Å². The summed E-state index contributed by atoms with van der Waals surface area (Å²) < 4.78 is 0. The minimum Gasteiger partial charge on any atom is -0.480 e. The Labute approximate surface area is 215 Å². The molecule has 7 N–H and O–H groups in total. The van der Waals surface area contributed by atoms with Gasteiger partial charge < -0.3 is 36.5 Å². The second-order valence-corrected chi connectivity index (χ2v) is 9.79. The molecule has 37 heavy (non-hydrogen) atoms. The van der Waals surface area contributed by atoms with E-state index in [-0.39, 0.29) is 18.9 Å². The van der Waals surface area contributed by atoms with Crippen LogP contribution < -0.4 is 16.4 Å². The van der Waals surface area contributed by atoms with Gasteiger partial charge in [-0.05, 0) is 37.3 Å². The second kappa shape index (κ2) is 12.2. The highest BCUT2D eigenvalue weighted by Gasteiger charge is 2.40. The van der Waals surface area contributed by atoms with Crippen molar-refractivity contribution in [3.05, 3.63) is 36.0 Å². The molecular weight excluding hydrogens is 478 g/mol. The molecule has 0 spiro atoms. The number of aliphatic carboxylic acids is 1. The fourth-order valence-electron chi connectivity index (χ4n) is 4.62. The van der Waals surface area contributed by atoms with E-state index in [2.05, 4.69) is 15.6 Å². The van der Waals surface area contributed by atoms with E-state index in [1.165, 1.54) is 11.8 Å². The van der Waals surface area contributed by atoms with Crippen LogP contribution in [0.5, 0.6) is 0 Å². The first kappa shape index (κ1) is 28.1. The number of nitrogens with one attached hydrogen (secondary N) is 3. The molecule has 1 aliphatic heterocycles. The number of aliphatic hydroxyl groups is 1. The van der Waals surface area contributed by atoms with E-state index < -0.39 is 54.0 Å². The van der Waals surface area contributed by atoms with Gasteiger partial charge in [-0.2, -0.15) is 0 Å². The second-order valence-electron chi connectivity index (χ2n) is 9.79. The summed E-state index contributed by atoms with van der Waals surface area (Å²) in [5, 5.41) is 26.0. The van der Waals surface area contributed by atoms with Crippen LogP contribution >= 0.6 is 0 Å². The molecule has 1 aromatic heterocycles. The van der Waals surface area contributed by atoms with E-state index in [9.17, 15) is 29.4 Å². The molecule has 3 amide bonds. The van der Waals surface area contributed by atoms with Crippen molar-refractivity contribution in [3.8, 4) is 0 Å². The van der Waals surface area contributed by atoms with Gasteiger partial charge in [-0.15, -0.1) is 0 Å². The van der Waals surface area contributed by atoms with Crippen molar-refractivity contribution in [2.24, 2.45) is 11.7 Å². The molecule has 6 unspecified atom stereocenters. The Hall–Kier alpha value is -3.44. The van der Waals surface area contributed by atoms with Gasteiger partial charge in [-0.25, -0.2) is 4.79 Å². The van der Waals surface area contributed by atoms with Crippen molar-refractivity contribution in [2.75, 3.05) is 6.54 Å². The number of carboxylic acids is 1. The molecule has 11 heteroatoms. The fourth-order valence-corrected chi connectivity index (χ4v) is 4.62. The standard InChI is InChI=1S/C26H37N5O6/c1-4-14(2)21(27)24(34)30-22(15(3)32)25(35)31-11-7-10-20(31)23(33)29-19(26(36)37)12-16-13-28-18-9-6-5-8-17(16)18/h5-6,8-9,13-15,19-22,28,32H,4,7,10-12,27H2,1-3H3,(H,29,33)(H,30,34)(H,36,37). The lowest BCUT2D eigenvalue weighted by atomic mass is 9.98. The lowest BCUT2D eigenvalue weighted by Crippen LogP contribution is -2.60. The molecule has 2 aromatic rings. The monoisotopic (exact) mass is 515 g/mol. The van der Waals surface area contributed by atoms with Gasteiger partial charge >= 0.3 is 5.97 Å². The molecule has 0 aliphatic carbocycles. The summed E-state index contributed by atoms with van der Waals surface area (Å²) in [4.78, 5) is 55.5. The molecule has 1 fully saturated rings. The number of hydrogen-bond acceptors (Lipinski definition) is 6. The number of likely N-dealkylation sites (tertiary alicyclic amines) is 1. The van der Waals surface area contributed by atoms with E-state index in [1.807, 2.05) is 38.1 Å². The molecule has 1 aromatic carbocycles. The van der Waals surface area contributed by atoms with Crippen molar-refractivity contribution < 1.29 is 29.4 Å². The van der Waals surface area contributed by atoms with Crippen LogP contribution in [0.4, 0.5) is 0 Å². The molecular formula is C26H37N5O6. The first-order valence-corrected chi connectivity index (χ1v) is 12.7. The number of hydrogen-bond donors (Lipinski definition) is 6. The van der Waals surface area contributed by atoms with E-state index in [1.54, 1.807) is 6.20 Å². The first-order chi connectivity index (χ1) is 17.5. The van der Waals surface area contributed by atoms with E-state index in [0.717, 1.165) is 16.5 Å². The summed E-state index contributed by atoms with van der Waals surface area (Å²) >= 11 is 0. The maximum Gasteiger partial charge on any atom is 0.326 e. The van der Waals surface area contributed by atoms with Crippen molar-refractivity contribution in [1.29, 1.82) is 0 Å². The Kier molecular flexibility index (Phi) is 9.28. The smallest absolute Gasteiger partial charge is 0.326 e. The number of carbonyl (C=O) groups is 4. The SMILES string of the molecule is CCC(C)C(N)C(=O)NC(C(=O)N1CCCC1C(=O)NC(Cc1c[nH]c2ccccc12)C(=O)O)C(C)O. The molecule has 0 bridgehead atoms. The van der Waals surface area contributed by atoms with E-state index >= 15 is 0 Å². The minimum absolute atomic E-state index is 0.0611. The van der Waals surface area contributed by atoms with Crippen LogP contribution in [-0.4, -0.2) is 80.6 Å². The predicted octanol–water partition coefficient (Wildman–Crippen LogP) is 0.510. The van der Waals surface area contributed by atoms with Crippen molar-refractivity contribution in [2.45, 2.75) is 76.7 Å². The third-order valence-corrected chi connectivity index (χ3v) is 7.16. The number of fused-ring (bicyclic) bond motifs is 1. The van der Waals surface area contributed by atoms with Gasteiger partial charge in [0, 0.05) is 30.1 Å². The lowest BCUT2D eigenvalue weighted by Gasteiger charge is -2.31.